The van der Waals surface area contributed by atoms with Crippen molar-refractivity contribution >= 4 is 5.91 Å². The van der Waals surface area contributed by atoms with Crippen molar-refractivity contribution < 1.29 is 9.53 Å². The predicted molar refractivity (Wildman–Crippen MR) is 77.3 cm³/mol. The lowest BCUT2D eigenvalue weighted by molar-refractivity contribution is -0.140. The van der Waals surface area contributed by atoms with Gasteiger partial charge in [0.2, 0.25) is 5.91 Å². The Labute approximate surface area is 121 Å². The van der Waals surface area contributed by atoms with Gasteiger partial charge >= 0.3 is 0 Å². The molecule has 1 unspecified atom stereocenters. The molecule has 3 rings (SSSR count). The van der Waals surface area contributed by atoms with E-state index in [1.165, 1.54) is 0 Å². The first-order valence-electron chi connectivity index (χ1n) is 8.06. The van der Waals surface area contributed by atoms with Crippen LogP contribution in [0.1, 0.15) is 32.1 Å². The van der Waals surface area contributed by atoms with Crippen LogP contribution in [0, 0.1) is 5.41 Å². The molecule has 5 nitrogen and oxygen atoms in total. The fourth-order valence-corrected chi connectivity index (χ4v) is 4.06. The van der Waals surface area contributed by atoms with E-state index in [2.05, 4.69) is 9.80 Å². The quantitative estimate of drug-likeness (QED) is 0.815. The van der Waals surface area contributed by atoms with E-state index in [4.69, 9.17) is 10.5 Å². The summed E-state index contributed by atoms with van der Waals surface area (Å²) in [6, 6.07) is 0.527. The van der Waals surface area contributed by atoms with Gasteiger partial charge in [-0.25, -0.2) is 0 Å². The van der Waals surface area contributed by atoms with Gasteiger partial charge in [-0.15, -0.1) is 0 Å². The summed E-state index contributed by atoms with van der Waals surface area (Å²) in [5, 5.41) is 0. The molecule has 0 aromatic carbocycles. The Morgan fingerprint density at radius 3 is 2.55 bits per heavy atom. The highest BCUT2D eigenvalue weighted by atomic mass is 16.5. The predicted octanol–water partition coefficient (Wildman–Crippen LogP) is 0.439. The van der Waals surface area contributed by atoms with E-state index in [1.54, 1.807) is 0 Å². The van der Waals surface area contributed by atoms with Gasteiger partial charge in [-0.05, 0) is 19.3 Å². The number of amides is 1. The number of likely N-dealkylation sites (tertiary alicyclic amines) is 1. The van der Waals surface area contributed by atoms with E-state index in [1.807, 2.05) is 0 Å². The largest absolute Gasteiger partial charge is 0.379 e. The van der Waals surface area contributed by atoms with Crippen molar-refractivity contribution in [2.24, 2.45) is 11.1 Å². The van der Waals surface area contributed by atoms with Crippen LogP contribution in [0.5, 0.6) is 0 Å². The van der Waals surface area contributed by atoms with E-state index < -0.39 is 0 Å². The van der Waals surface area contributed by atoms with Crippen LogP contribution in [0.2, 0.25) is 0 Å². The number of carbonyl (C=O) groups excluding carboxylic acids is 1. The van der Waals surface area contributed by atoms with Crippen molar-refractivity contribution in [2.75, 3.05) is 45.9 Å². The van der Waals surface area contributed by atoms with Crippen molar-refractivity contribution in [3.05, 3.63) is 0 Å². The van der Waals surface area contributed by atoms with Gasteiger partial charge in [0.05, 0.1) is 18.6 Å². The molecule has 2 N–H and O–H groups in total. The molecule has 3 fully saturated rings. The first kappa shape index (κ1) is 14.3. The van der Waals surface area contributed by atoms with Gasteiger partial charge in [0.15, 0.2) is 0 Å². The van der Waals surface area contributed by atoms with Gasteiger partial charge in [0.25, 0.3) is 0 Å². The third kappa shape index (κ3) is 2.59. The summed E-state index contributed by atoms with van der Waals surface area (Å²) in [5.74, 6) is 0.327. The van der Waals surface area contributed by atoms with Crippen LogP contribution in [0.15, 0.2) is 0 Å². The zero-order valence-corrected chi connectivity index (χ0v) is 12.4. The maximum atomic E-state index is 12.8. The number of nitrogens with two attached hydrogens (primary N) is 1. The van der Waals surface area contributed by atoms with Crippen molar-refractivity contribution in [1.82, 2.24) is 9.80 Å². The monoisotopic (exact) mass is 281 g/mol. The first-order chi connectivity index (χ1) is 9.75. The van der Waals surface area contributed by atoms with Crippen molar-refractivity contribution in [3.63, 3.8) is 0 Å². The maximum absolute atomic E-state index is 12.8. The zero-order valence-electron chi connectivity index (χ0n) is 12.4. The molecule has 0 radical (unpaired) electrons. The summed E-state index contributed by atoms with van der Waals surface area (Å²) in [6.07, 6.45) is 5.39. The molecule has 0 aromatic heterocycles. The van der Waals surface area contributed by atoms with Crippen LogP contribution in [-0.2, 0) is 9.53 Å². The lowest BCUT2D eigenvalue weighted by Crippen LogP contribution is -2.48. The van der Waals surface area contributed by atoms with Gasteiger partial charge in [0, 0.05) is 38.8 Å². The number of nitrogens with zero attached hydrogens (tertiary/aromatic N) is 2. The molecular formula is C15H27N3O2. The van der Waals surface area contributed by atoms with E-state index in [0.29, 0.717) is 18.5 Å². The van der Waals surface area contributed by atoms with Crippen LogP contribution >= 0.6 is 0 Å². The van der Waals surface area contributed by atoms with Gasteiger partial charge in [-0.2, -0.15) is 0 Å². The summed E-state index contributed by atoms with van der Waals surface area (Å²) in [5.41, 5.74) is 5.70. The Morgan fingerprint density at radius 1 is 1.20 bits per heavy atom. The summed E-state index contributed by atoms with van der Waals surface area (Å²) < 4.78 is 5.41. The number of hydrogen-bond acceptors (Lipinski definition) is 4. The normalized spacial score (nSPS) is 30.9. The Bertz CT molecular complexity index is 349. The molecule has 1 amide bonds. The van der Waals surface area contributed by atoms with Gasteiger partial charge < -0.3 is 15.4 Å². The summed E-state index contributed by atoms with van der Waals surface area (Å²) in [6.45, 7) is 5.99. The molecule has 2 aliphatic heterocycles. The van der Waals surface area contributed by atoms with Crippen molar-refractivity contribution in [3.8, 4) is 0 Å². The summed E-state index contributed by atoms with van der Waals surface area (Å²) in [7, 11) is 0. The molecule has 0 aromatic rings. The average Bonchev–Trinajstić information content (AvgIpc) is 3.17. The second-order valence-electron chi connectivity index (χ2n) is 6.53. The van der Waals surface area contributed by atoms with E-state index in [9.17, 15) is 4.79 Å². The topological polar surface area (TPSA) is 58.8 Å². The van der Waals surface area contributed by atoms with E-state index >= 15 is 0 Å². The van der Waals surface area contributed by atoms with Gasteiger partial charge in [0.1, 0.15) is 0 Å². The lowest BCUT2D eigenvalue weighted by Gasteiger charge is -2.34. The molecule has 114 valence electrons. The molecule has 0 bridgehead atoms. The van der Waals surface area contributed by atoms with Crippen molar-refractivity contribution in [2.45, 2.75) is 38.1 Å². The SMILES string of the molecule is NCC1(C(=O)N2CCC(N3CCOCC3)C2)CCCC1. The van der Waals surface area contributed by atoms with Crippen LogP contribution in [0.4, 0.5) is 0 Å². The molecule has 1 atom stereocenters. The zero-order chi connectivity index (χ0) is 14.0. The summed E-state index contributed by atoms with van der Waals surface area (Å²) in [4.78, 5) is 17.4. The minimum absolute atomic E-state index is 0.236. The molecule has 3 aliphatic rings. The molecular weight excluding hydrogens is 254 g/mol. The average molecular weight is 281 g/mol. The Hall–Kier alpha value is -0.650. The fourth-order valence-electron chi connectivity index (χ4n) is 4.06. The maximum Gasteiger partial charge on any atom is 0.230 e. The number of morpholine rings is 1. The van der Waals surface area contributed by atoms with Crippen LogP contribution in [-0.4, -0.2) is 67.7 Å². The Kier molecular flexibility index (Phi) is 4.29. The standard InChI is InChI=1S/C15H27N3O2/c16-12-15(4-1-2-5-15)14(19)18-6-3-13(11-18)17-7-9-20-10-8-17/h13H,1-12,16H2. The van der Waals surface area contributed by atoms with Gasteiger partial charge in [-0.3, -0.25) is 9.69 Å². The highest BCUT2D eigenvalue weighted by Gasteiger charge is 2.44. The molecule has 5 heteroatoms. The van der Waals surface area contributed by atoms with Crippen LogP contribution in [0.25, 0.3) is 0 Å². The lowest BCUT2D eigenvalue weighted by atomic mass is 9.85. The minimum Gasteiger partial charge on any atom is -0.379 e. The summed E-state index contributed by atoms with van der Waals surface area (Å²) >= 11 is 0. The van der Waals surface area contributed by atoms with Crippen LogP contribution in [0.3, 0.4) is 0 Å². The smallest absolute Gasteiger partial charge is 0.230 e. The second kappa shape index (κ2) is 6.00. The van der Waals surface area contributed by atoms with E-state index in [0.717, 1.165) is 71.5 Å². The highest BCUT2D eigenvalue weighted by molar-refractivity contribution is 5.83. The number of ether oxygens (including phenoxy) is 1. The Morgan fingerprint density at radius 2 is 1.90 bits per heavy atom. The fraction of sp³-hybridized carbons (Fsp3) is 0.933. The van der Waals surface area contributed by atoms with E-state index in [-0.39, 0.29) is 5.41 Å². The molecule has 0 spiro atoms. The molecule has 2 heterocycles. The molecule has 1 aliphatic carbocycles. The molecule has 1 saturated carbocycles. The third-order valence-electron chi connectivity index (χ3n) is 5.42. The Balaban J connectivity index is 1.60. The molecule has 2 saturated heterocycles. The van der Waals surface area contributed by atoms with Crippen LogP contribution < -0.4 is 5.73 Å². The second-order valence-corrected chi connectivity index (χ2v) is 6.53. The first-order valence-corrected chi connectivity index (χ1v) is 8.06. The third-order valence-corrected chi connectivity index (χ3v) is 5.42. The van der Waals surface area contributed by atoms with Crippen molar-refractivity contribution in [1.29, 1.82) is 0 Å². The number of carbonyl (C=O) groups is 1. The minimum atomic E-state index is -0.236. The molecule has 20 heavy (non-hydrogen) atoms. The number of rotatable bonds is 3. The highest BCUT2D eigenvalue weighted by Crippen LogP contribution is 2.39. The van der Waals surface area contributed by atoms with Gasteiger partial charge in [-0.1, -0.05) is 12.8 Å². The number of hydrogen-bond donors (Lipinski definition) is 1.